The number of aliphatic hydroxyl groups excluding tert-OH is 3. The first kappa shape index (κ1) is 9.92. The van der Waals surface area contributed by atoms with E-state index in [-0.39, 0.29) is 5.41 Å². The summed E-state index contributed by atoms with van der Waals surface area (Å²) >= 11 is 0. The Labute approximate surface area is 71.8 Å². The van der Waals surface area contributed by atoms with Gasteiger partial charge in [-0.05, 0) is 5.41 Å². The fourth-order valence-electron chi connectivity index (χ4n) is 1.38. The summed E-state index contributed by atoms with van der Waals surface area (Å²) in [6.07, 6.45) is -3.96. The first-order chi connectivity index (χ1) is 5.34. The van der Waals surface area contributed by atoms with Crippen LogP contribution in [0.25, 0.3) is 0 Å². The normalized spacial score (nSPS) is 43.5. The van der Waals surface area contributed by atoms with Crippen molar-refractivity contribution in [1.29, 1.82) is 0 Å². The zero-order chi connectivity index (χ0) is 9.52. The predicted octanol–water partition coefficient (Wildman–Crippen LogP) is -0.528. The smallest absolute Gasteiger partial charge is 0.183 e. The molecule has 1 heterocycles. The van der Waals surface area contributed by atoms with Crippen molar-refractivity contribution in [3.05, 3.63) is 0 Å². The third-order valence-electron chi connectivity index (χ3n) is 2.09. The topological polar surface area (TPSA) is 69.9 Å². The first-order valence-corrected chi connectivity index (χ1v) is 4.03. The van der Waals surface area contributed by atoms with Crippen LogP contribution in [-0.2, 0) is 4.74 Å². The Hall–Kier alpha value is -0.160. The second kappa shape index (κ2) is 2.96. The van der Waals surface area contributed by atoms with E-state index in [1.165, 1.54) is 0 Å². The number of ether oxygens (including phenoxy) is 1. The Morgan fingerprint density at radius 2 is 1.50 bits per heavy atom. The van der Waals surface area contributed by atoms with Gasteiger partial charge in [0.05, 0.1) is 6.10 Å². The summed E-state index contributed by atoms with van der Waals surface area (Å²) in [7, 11) is 0. The van der Waals surface area contributed by atoms with Crippen molar-refractivity contribution in [2.45, 2.75) is 45.4 Å². The van der Waals surface area contributed by atoms with Crippen LogP contribution in [0.2, 0.25) is 0 Å². The van der Waals surface area contributed by atoms with E-state index in [1.807, 2.05) is 20.8 Å². The molecule has 0 aromatic heterocycles. The highest BCUT2D eigenvalue weighted by molar-refractivity contribution is 4.92. The Kier molecular flexibility index (Phi) is 2.45. The van der Waals surface area contributed by atoms with Gasteiger partial charge >= 0.3 is 0 Å². The molecule has 0 aromatic carbocycles. The van der Waals surface area contributed by atoms with E-state index in [9.17, 15) is 10.2 Å². The van der Waals surface area contributed by atoms with E-state index < -0.39 is 24.6 Å². The maximum absolute atomic E-state index is 9.43. The van der Waals surface area contributed by atoms with Crippen molar-refractivity contribution in [3.8, 4) is 0 Å². The summed E-state index contributed by atoms with van der Waals surface area (Å²) in [5.41, 5.74) is -0.280. The van der Waals surface area contributed by atoms with Crippen molar-refractivity contribution >= 4 is 0 Å². The van der Waals surface area contributed by atoms with Crippen molar-refractivity contribution in [2.75, 3.05) is 0 Å². The molecule has 0 aliphatic carbocycles. The number of hydrogen-bond donors (Lipinski definition) is 3. The third kappa shape index (κ3) is 1.61. The summed E-state index contributed by atoms with van der Waals surface area (Å²) in [6.45, 7) is 5.64. The van der Waals surface area contributed by atoms with E-state index in [4.69, 9.17) is 9.84 Å². The lowest BCUT2D eigenvalue weighted by molar-refractivity contribution is -0.144. The van der Waals surface area contributed by atoms with Crippen LogP contribution in [0.5, 0.6) is 0 Å². The molecule has 4 atom stereocenters. The van der Waals surface area contributed by atoms with Gasteiger partial charge in [-0.2, -0.15) is 0 Å². The lowest BCUT2D eigenvalue weighted by Gasteiger charge is -2.28. The number of aliphatic hydroxyl groups is 3. The highest BCUT2D eigenvalue weighted by Crippen LogP contribution is 2.32. The largest absolute Gasteiger partial charge is 0.387 e. The van der Waals surface area contributed by atoms with Crippen molar-refractivity contribution < 1.29 is 20.1 Å². The van der Waals surface area contributed by atoms with Crippen LogP contribution in [0, 0.1) is 5.41 Å². The van der Waals surface area contributed by atoms with Gasteiger partial charge in [0.2, 0.25) is 0 Å². The van der Waals surface area contributed by atoms with E-state index >= 15 is 0 Å². The first-order valence-electron chi connectivity index (χ1n) is 4.03. The molecule has 1 aliphatic rings. The number of rotatable bonds is 0. The molecule has 4 heteroatoms. The second-order valence-electron chi connectivity index (χ2n) is 4.29. The molecule has 0 radical (unpaired) electrons. The van der Waals surface area contributed by atoms with Gasteiger partial charge in [0.1, 0.15) is 12.2 Å². The van der Waals surface area contributed by atoms with Gasteiger partial charge in [-0.15, -0.1) is 0 Å². The van der Waals surface area contributed by atoms with Gasteiger partial charge in [0, 0.05) is 0 Å². The molecule has 1 aliphatic heterocycles. The van der Waals surface area contributed by atoms with Crippen LogP contribution in [0.1, 0.15) is 20.8 Å². The summed E-state index contributed by atoms with van der Waals surface area (Å²) < 4.78 is 5.01. The van der Waals surface area contributed by atoms with Gasteiger partial charge in [-0.1, -0.05) is 20.8 Å². The fourth-order valence-corrected chi connectivity index (χ4v) is 1.38. The lowest BCUT2D eigenvalue weighted by Crippen LogP contribution is -2.39. The molecule has 4 nitrogen and oxygen atoms in total. The van der Waals surface area contributed by atoms with Gasteiger partial charge in [-0.3, -0.25) is 0 Å². The predicted molar refractivity (Wildman–Crippen MR) is 42.3 cm³/mol. The van der Waals surface area contributed by atoms with Gasteiger partial charge in [-0.25, -0.2) is 0 Å². The van der Waals surface area contributed by atoms with Crippen LogP contribution in [-0.4, -0.2) is 39.9 Å². The monoisotopic (exact) mass is 176 g/mol. The van der Waals surface area contributed by atoms with Crippen LogP contribution in [0.3, 0.4) is 0 Å². The molecular formula is C8H16O4. The molecule has 72 valence electrons. The Balaban J connectivity index is 2.71. The SMILES string of the molecule is CC(C)(C)C1O[C@@H](O)[C@H](O)[C@H]1O. The molecule has 0 aromatic rings. The van der Waals surface area contributed by atoms with E-state index in [0.717, 1.165) is 0 Å². The lowest BCUT2D eigenvalue weighted by atomic mass is 9.85. The molecule has 3 N–H and O–H groups in total. The molecule has 0 spiro atoms. The van der Waals surface area contributed by atoms with Crippen molar-refractivity contribution in [2.24, 2.45) is 5.41 Å². The maximum Gasteiger partial charge on any atom is 0.183 e. The highest BCUT2D eigenvalue weighted by atomic mass is 16.6. The highest BCUT2D eigenvalue weighted by Gasteiger charge is 2.46. The van der Waals surface area contributed by atoms with Crippen LogP contribution in [0.4, 0.5) is 0 Å². The van der Waals surface area contributed by atoms with Crippen LogP contribution < -0.4 is 0 Å². The van der Waals surface area contributed by atoms with Crippen molar-refractivity contribution in [3.63, 3.8) is 0 Å². The second-order valence-corrected chi connectivity index (χ2v) is 4.29. The van der Waals surface area contributed by atoms with Gasteiger partial charge in [0.15, 0.2) is 6.29 Å². The molecule has 1 unspecified atom stereocenters. The van der Waals surface area contributed by atoms with Crippen LogP contribution >= 0.6 is 0 Å². The zero-order valence-electron chi connectivity index (χ0n) is 7.56. The Bertz CT molecular complexity index is 163. The fraction of sp³-hybridized carbons (Fsp3) is 1.00. The Morgan fingerprint density at radius 3 is 1.67 bits per heavy atom. The minimum absolute atomic E-state index is 0.280. The summed E-state index contributed by atoms with van der Waals surface area (Å²) in [5, 5.41) is 27.7. The summed E-state index contributed by atoms with van der Waals surface area (Å²) in [4.78, 5) is 0. The van der Waals surface area contributed by atoms with Crippen molar-refractivity contribution in [1.82, 2.24) is 0 Å². The average Bonchev–Trinajstić information content (AvgIpc) is 2.15. The molecule has 0 saturated carbocycles. The van der Waals surface area contributed by atoms with Crippen LogP contribution in [0.15, 0.2) is 0 Å². The molecule has 0 amide bonds. The van der Waals surface area contributed by atoms with E-state index in [2.05, 4.69) is 0 Å². The zero-order valence-corrected chi connectivity index (χ0v) is 7.56. The molecule has 12 heavy (non-hydrogen) atoms. The summed E-state index contributed by atoms with van der Waals surface area (Å²) in [6, 6.07) is 0. The average molecular weight is 176 g/mol. The molecule has 1 fully saturated rings. The Morgan fingerprint density at radius 1 is 1.00 bits per heavy atom. The molecule has 0 bridgehead atoms. The third-order valence-corrected chi connectivity index (χ3v) is 2.09. The molecular weight excluding hydrogens is 160 g/mol. The standard InChI is InChI=1S/C8H16O4/c1-8(2,3)6-4(9)5(10)7(11)12-6/h4-7,9-11H,1-3H3/t4-,5-,6?,7-/m1/s1. The quantitative estimate of drug-likeness (QED) is 0.464. The van der Waals surface area contributed by atoms with Gasteiger partial charge in [0.25, 0.3) is 0 Å². The minimum Gasteiger partial charge on any atom is -0.387 e. The van der Waals surface area contributed by atoms with Gasteiger partial charge < -0.3 is 20.1 Å². The number of hydrogen-bond acceptors (Lipinski definition) is 4. The summed E-state index contributed by atoms with van der Waals surface area (Å²) in [5.74, 6) is 0. The minimum atomic E-state index is -1.26. The molecule has 1 rings (SSSR count). The maximum atomic E-state index is 9.43. The molecule has 1 saturated heterocycles. The van der Waals surface area contributed by atoms with E-state index in [1.54, 1.807) is 0 Å². The van der Waals surface area contributed by atoms with E-state index in [0.29, 0.717) is 0 Å².